The molecule has 0 saturated heterocycles. The third-order valence-corrected chi connectivity index (χ3v) is 5.29. The van der Waals surface area contributed by atoms with Crippen molar-refractivity contribution in [1.82, 2.24) is 4.90 Å². The minimum absolute atomic E-state index is 0.138. The van der Waals surface area contributed by atoms with Crippen molar-refractivity contribution in [1.29, 1.82) is 0 Å². The Morgan fingerprint density at radius 3 is 2.00 bits per heavy atom. The number of carbonyl (C=O) groups is 1. The number of halogens is 5. The number of hydrogen-bond acceptors (Lipinski definition) is 1. The molecule has 0 aliphatic heterocycles. The summed E-state index contributed by atoms with van der Waals surface area (Å²) in [7, 11) is 0. The lowest BCUT2D eigenvalue weighted by atomic mass is 9.91. The van der Waals surface area contributed by atoms with Crippen LogP contribution >= 0.6 is 0 Å². The molecule has 0 aliphatic rings. The average Bonchev–Trinajstić information content (AvgIpc) is 2.78. The molecule has 0 spiro atoms. The van der Waals surface area contributed by atoms with Crippen LogP contribution in [-0.4, -0.2) is 23.9 Å². The number of nitrogens with zero attached hydrogens (tertiary/aromatic N) is 1. The molecule has 1 amide bonds. The van der Waals surface area contributed by atoms with Gasteiger partial charge >= 0.3 is 0 Å². The highest BCUT2D eigenvalue weighted by Gasteiger charge is 2.33. The van der Waals surface area contributed by atoms with Gasteiger partial charge < -0.3 is 4.90 Å². The molecular formula is C25H26F5NO. The first-order chi connectivity index (χ1) is 15.3. The molecule has 2 aromatic rings. The van der Waals surface area contributed by atoms with Crippen molar-refractivity contribution < 1.29 is 26.7 Å². The molecule has 2 rings (SSSR count). The van der Waals surface area contributed by atoms with Crippen LogP contribution in [0, 0.1) is 29.1 Å². The zero-order valence-corrected chi connectivity index (χ0v) is 18.1. The Hall–Kier alpha value is -2.96. The van der Waals surface area contributed by atoms with E-state index in [9.17, 15) is 26.7 Å². The van der Waals surface area contributed by atoms with E-state index in [0.29, 0.717) is 12.8 Å². The molecule has 0 heterocycles. The Morgan fingerprint density at radius 1 is 0.938 bits per heavy atom. The summed E-state index contributed by atoms with van der Waals surface area (Å²) in [5, 5.41) is 0. The zero-order valence-electron chi connectivity index (χ0n) is 18.1. The SMILES string of the molecule is C=CC(CC/C=C/Cc1ccc(F)cc1)c1c(F)c(F)c(C(=O)N(CC)CC)c(F)c1F. The second-order valence-corrected chi connectivity index (χ2v) is 7.24. The second kappa shape index (κ2) is 11.6. The molecule has 32 heavy (non-hydrogen) atoms. The lowest BCUT2D eigenvalue weighted by molar-refractivity contribution is 0.0760. The smallest absolute Gasteiger partial charge is 0.260 e. The molecule has 2 nitrogen and oxygen atoms in total. The Balaban J connectivity index is 2.21. The quantitative estimate of drug-likeness (QED) is 0.223. The molecule has 0 N–H and O–H groups in total. The van der Waals surface area contributed by atoms with Crippen molar-refractivity contribution in [2.45, 2.75) is 39.0 Å². The predicted molar refractivity (Wildman–Crippen MR) is 115 cm³/mol. The van der Waals surface area contributed by atoms with E-state index in [1.807, 2.05) is 6.08 Å². The van der Waals surface area contributed by atoms with Crippen LogP contribution in [0.4, 0.5) is 22.0 Å². The number of benzene rings is 2. The van der Waals surface area contributed by atoms with Crippen LogP contribution in [0.2, 0.25) is 0 Å². The minimum atomic E-state index is -1.70. The molecule has 0 aromatic heterocycles. The van der Waals surface area contributed by atoms with Gasteiger partial charge in [-0.15, -0.1) is 6.58 Å². The topological polar surface area (TPSA) is 20.3 Å². The maximum absolute atomic E-state index is 14.8. The summed E-state index contributed by atoms with van der Waals surface area (Å²) in [5.41, 5.74) is -1.12. The van der Waals surface area contributed by atoms with Gasteiger partial charge in [-0.05, 0) is 50.8 Å². The van der Waals surface area contributed by atoms with E-state index >= 15 is 0 Å². The lowest BCUT2D eigenvalue weighted by Gasteiger charge is -2.21. The van der Waals surface area contributed by atoms with E-state index in [1.165, 1.54) is 18.2 Å². The van der Waals surface area contributed by atoms with Gasteiger partial charge in [0.1, 0.15) is 11.4 Å². The summed E-state index contributed by atoms with van der Waals surface area (Å²) >= 11 is 0. The Bertz CT molecular complexity index is 952. The standard InChI is InChI=1S/C25H26F5NO/c1-4-17(11-9-7-8-10-16-12-14-18(26)15-13-16)19-21(27)23(29)20(24(30)22(19)28)25(32)31(5-2)6-3/h4,7-8,12-15,17H,1,5-6,9-11H2,2-3H3/b8-7+. The number of rotatable bonds is 10. The molecule has 172 valence electrons. The molecule has 1 unspecified atom stereocenters. The monoisotopic (exact) mass is 451 g/mol. The number of hydrogen-bond donors (Lipinski definition) is 0. The summed E-state index contributed by atoms with van der Waals surface area (Å²) in [4.78, 5) is 13.4. The molecule has 0 saturated carbocycles. The third kappa shape index (κ3) is 5.64. The van der Waals surface area contributed by atoms with Gasteiger partial charge in [-0.1, -0.05) is 30.4 Å². The minimum Gasteiger partial charge on any atom is -0.339 e. The van der Waals surface area contributed by atoms with Gasteiger partial charge in [0.25, 0.3) is 5.91 Å². The van der Waals surface area contributed by atoms with Crippen LogP contribution in [0.1, 0.15) is 54.1 Å². The van der Waals surface area contributed by atoms with E-state index in [2.05, 4.69) is 6.58 Å². The fraction of sp³-hybridized carbons (Fsp3) is 0.320. The molecular weight excluding hydrogens is 425 g/mol. The Labute approximate surface area is 185 Å². The first-order valence-corrected chi connectivity index (χ1v) is 10.4. The zero-order chi connectivity index (χ0) is 23.8. The summed E-state index contributed by atoms with van der Waals surface area (Å²) < 4.78 is 71.7. The van der Waals surface area contributed by atoms with Crippen molar-refractivity contribution in [3.63, 3.8) is 0 Å². The summed E-state index contributed by atoms with van der Waals surface area (Å²) in [5.74, 6) is -9.00. The average molecular weight is 451 g/mol. The van der Waals surface area contributed by atoms with Crippen molar-refractivity contribution in [2.75, 3.05) is 13.1 Å². The van der Waals surface area contributed by atoms with E-state index in [-0.39, 0.29) is 25.3 Å². The molecule has 0 radical (unpaired) electrons. The number of allylic oxidation sites excluding steroid dienone is 3. The van der Waals surface area contributed by atoms with Crippen molar-refractivity contribution >= 4 is 5.91 Å². The fourth-order valence-corrected chi connectivity index (χ4v) is 3.44. The summed E-state index contributed by atoms with van der Waals surface area (Å²) in [6, 6.07) is 5.98. The van der Waals surface area contributed by atoms with Gasteiger partial charge in [-0.2, -0.15) is 0 Å². The van der Waals surface area contributed by atoms with Gasteiger partial charge in [0, 0.05) is 24.6 Å². The van der Waals surface area contributed by atoms with Gasteiger partial charge in [-0.25, -0.2) is 22.0 Å². The predicted octanol–water partition coefficient (Wildman–Crippen LogP) is 6.71. The Morgan fingerprint density at radius 2 is 1.50 bits per heavy atom. The second-order valence-electron chi connectivity index (χ2n) is 7.24. The molecule has 1 atom stereocenters. The van der Waals surface area contributed by atoms with Crippen molar-refractivity contribution in [3.05, 3.63) is 94.8 Å². The van der Waals surface area contributed by atoms with E-state index in [4.69, 9.17) is 0 Å². The van der Waals surface area contributed by atoms with Crippen molar-refractivity contribution in [2.24, 2.45) is 0 Å². The lowest BCUT2D eigenvalue weighted by Crippen LogP contribution is -2.33. The molecule has 0 bridgehead atoms. The largest absolute Gasteiger partial charge is 0.339 e. The van der Waals surface area contributed by atoms with Gasteiger partial charge in [-0.3, -0.25) is 4.79 Å². The van der Waals surface area contributed by atoms with Crippen LogP contribution in [0.3, 0.4) is 0 Å². The Kier molecular flexibility index (Phi) is 9.17. The van der Waals surface area contributed by atoms with E-state index < -0.39 is 46.2 Å². The van der Waals surface area contributed by atoms with Crippen LogP contribution in [0.25, 0.3) is 0 Å². The maximum atomic E-state index is 14.8. The number of carbonyl (C=O) groups excluding carboxylic acids is 1. The van der Waals surface area contributed by atoms with Gasteiger partial charge in [0.2, 0.25) is 0 Å². The number of amides is 1. The summed E-state index contributed by atoms with van der Waals surface area (Å²) in [6.07, 6.45) is 5.85. The van der Waals surface area contributed by atoms with E-state index in [0.717, 1.165) is 10.5 Å². The van der Waals surface area contributed by atoms with Crippen LogP contribution in [-0.2, 0) is 6.42 Å². The molecule has 0 aliphatic carbocycles. The normalized spacial score (nSPS) is 12.2. The van der Waals surface area contributed by atoms with Crippen LogP contribution in [0.15, 0.2) is 49.1 Å². The first kappa shape index (κ1) is 25.3. The highest BCUT2D eigenvalue weighted by atomic mass is 19.2. The molecule has 2 aromatic carbocycles. The fourth-order valence-electron chi connectivity index (χ4n) is 3.44. The van der Waals surface area contributed by atoms with Crippen LogP contribution < -0.4 is 0 Å². The first-order valence-electron chi connectivity index (χ1n) is 10.4. The molecule has 7 heteroatoms. The third-order valence-electron chi connectivity index (χ3n) is 5.29. The van der Waals surface area contributed by atoms with Crippen molar-refractivity contribution in [3.8, 4) is 0 Å². The maximum Gasteiger partial charge on any atom is 0.260 e. The summed E-state index contributed by atoms with van der Waals surface area (Å²) in [6.45, 7) is 6.99. The van der Waals surface area contributed by atoms with Crippen LogP contribution in [0.5, 0.6) is 0 Å². The molecule has 0 fully saturated rings. The van der Waals surface area contributed by atoms with Gasteiger partial charge in [0.15, 0.2) is 23.3 Å². The van der Waals surface area contributed by atoms with E-state index in [1.54, 1.807) is 32.1 Å². The van der Waals surface area contributed by atoms with Gasteiger partial charge in [0.05, 0.1) is 0 Å². The highest BCUT2D eigenvalue weighted by Crippen LogP contribution is 2.33. The highest BCUT2D eigenvalue weighted by molar-refractivity contribution is 5.95.